The van der Waals surface area contributed by atoms with E-state index in [1.807, 2.05) is 0 Å². The summed E-state index contributed by atoms with van der Waals surface area (Å²) in [4.78, 5) is -0.143. The molecule has 0 aliphatic rings. The SMILES string of the molecule is Cc1cc(C(Br)c2ccc(OC(F)F)cc2)cc(C)c1F. The van der Waals surface area contributed by atoms with Crippen molar-refractivity contribution in [3.63, 3.8) is 0 Å². The molecule has 0 aliphatic heterocycles. The Morgan fingerprint density at radius 1 is 0.952 bits per heavy atom. The minimum absolute atomic E-state index is 0.111. The first kappa shape index (κ1) is 15.9. The van der Waals surface area contributed by atoms with Crippen molar-refractivity contribution in [2.75, 3.05) is 0 Å². The molecule has 1 unspecified atom stereocenters. The zero-order valence-electron chi connectivity index (χ0n) is 11.5. The number of alkyl halides is 3. The van der Waals surface area contributed by atoms with Crippen LogP contribution in [0.3, 0.4) is 0 Å². The fourth-order valence-electron chi connectivity index (χ4n) is 2.14. The van der Waals surface area contributed by atoms with Gasteiger partial charge in [0, 0.05) is 0 Å². The molecule has 0 N–H and O–H groups in total. The van der Waals surface area contributed by atoms with Crippen molar-refractivity contribution in [3.05, 3.63) is 64.5 Å². The van der Waals surface area contributed by atoms with Crippen LogP contribution < -0.4 is 4.74 Å². The summed E-state index contributed by atoms with van der Waals surface area (Å²) in [5.74, 6) is -0.0981. The van der Waals surface area contributed by atoms with Gasteiger partial charge >= 0.3 is 6.61 Å². The van der Waals surface area contributed by atoms with Gasteiger partial charge in [-0.2, -0.15) is 8.78 Å². The molecule has 0 radical (unpaired) electrons. The van der Waals surface area contributed by atoms with Crippen molar-refractivity contribution < 1.29 is 17.9 Å². The smallest absolute Gasteiger partial charge is 0.387 e. The molecule has 2 aromatic carbocycles. The van der Waals surface area contributed by atoms with E-state index < -0.39 is 6.61 Å². The van der Waals surface area contributed by atoms with Crippen LogP contribution in [0.25, 0.3) is 0 Å². The molecule has 0 heterocycles. The highest BCUT2D eigenvalue weighted by atomic mass is 79.9. The third-order valence-electron chi connectivity index (χ3n) is 3.15. The van der Waals surface area contributed by atoms with E-state index >= 15 is 0 Å². The molecule has 0 saturated heterocycles. The Morgan fingerprint density at radius 2 is 1.48 bits per heavy atom. The van der Waals surface area contributed by atoms with Crippen molar-refractivity contribution in [2.45, 2.75) is 25.3 Å². The van der Waals surface area contributed by atoms with Crippen molar-refractivity contribution in [2.24, 2.45) is 0 Å². The average Bonchev–Trinajstić information content (AvgIpc) is 2.43. The van der Waals surface area contributed by atoms with Crippen LogP contribution in [0.4, 0.5) is 13.2 Å². The largest absolute Gasteiger partial charge is 0.435 e. The maximum atomic E-state index is 13.6. The maximum absolute atomic E-state index is 13.6. The lowest BCUT2D eigenvalue weighted by Crippen LogP contribution is -2.02. The van der Waals surface area contributed by atoms with Crippen molar-refractivity contribution in [1.29, 1.82) is 0 Å². The second kappa shape index (κ2) is 6.52. The molecule has 0 aliphatic carbocycles. The number of halogens is 4. The van der Waals surface area contributed by atoms with E-state index in [9.17, 15) is 13.2 Å². The fraction of sp³-hybridized carbons (Fsp3) is 0.250. The minimum atomic E-state index is -2.84. The summed E-state index contributed by atoms with van der Waals surface area (Å²) in [6, 6.07) is 9.91. The van der Waals surface area contributed by atoms with Gasteiger partial charge in [0.25, 0.3) is 0 Å². The molecule has 0 saturated carbocycles. The van der Waals surface area contributed by atoms with Crippen LogP contribution in [-0.4, -0.2) is 6.61 Å². The topological polar surface area (TPSA) is 9.23 Å². The average molecular weight is 359 g/mol. The minimum Gasteiger partial charge on any atom is -0.435 e. The van der Waals surface area contributed by atoms with E-state index in [1.54, 1.807) is 38.1 Å². The Labute approximate surface area is 129 Å². The predicted molar refractivity (Wildman–Crippen MR) is 79.7 cm³/mol. The Kier molecular flexibility index (Phi) is 4.93. The molecule has 0 amide bonds. The van der Waals surface area contributed by atoms with Gasteiger partial charge in [0.2, 0.25) is 0 Å². The van der Waals surface area contributed by atoms with E-state index in [2.05, 4.69) is 20.7 Å². The summed E-state index contributed by atoms with van der Waals surface area (Å²) in [5, 5.41) is 0. The monoisotopic (exact) mass is 358 g/mol. The van der Waals surface area contributed by atoms with E-state index in [-0.39, 0.29) is 16.4 Å². The van der Waals surface area contributed by atoms with Gasteiger partial charge in [-0.1, -0.05) is 40.2 Å². The molecule has 0 fully saturated rings. The van der Waals surface area contributed by atoms with Crippen molar-refractivity contribution in [3.8, 4) is 5.75 Å². The number of hydrogen-bond donors (Lipinski definition) is 0. The summed E-state index contributed by atoms with van der Waals surface area (Å²) >= 11 is 3.55. The Morgan fingerprint density at radius 3 is 1.95 bits per heavy atom. The molecule has 0 bridgehead atoms. The van der Waals surface area contributed by atoms with Crippen LogP contribution in [-0.2, 0) is 0 Å². The fourth-order valence-corrected chi connectivity index (χ4v) is 2.71. The Balaban J connectivity index is 2.25. The molecule has 2 aromatic rings. The molecule has 2 rings (SSSR count). The van der Waals surface area contributed by atoms with E-state index in [4.69, 9.17) is 0 Å². The summed E-state index contributed by atoms with van der Waals surface area (Å²) in [7, 11) is 0. The maximum Gasteiger partial charge on any atom is 0.387 e. The van der Waals surface area contributed by atoms with Crippen LogP contribution >= 0.6 is 15.9 Å². The lowest BCUT2D eigenvalue weighted by Gasteiger charge is -2.14. The second-order valence-electron chi connectivity index (χ2n) is 4.78. The summed E-state index contributed by atoms with van der Waals surface area (Å²) in [6.07, 6.45) is 0. The highest BCUT2D eigenvalue weighted by Gasteiger charge is 2.14. The molecular formula is C16H14BrF3O. The first-order valence-corrected chi connectivity index (χ1v) is 7.25. The number of ether oxygens (including phenoxy) is 1. The molecule has 0 spiro atoms. The first-order valence-electron chi connectivity index (χ1n) is 6.34. The quantitative estimate of drug-likeness (QED) is 0.653. The van der Waals surface area contributed by atoms with Gasteiger partial charge in [0.1, 0.15) is 11.6 Å². The standard InChI is InChI=1S/C16H14BrF3O/c1-9-7-12(8-10(2)15(9)18)14(17)11-3-5-13(6-4-11)21-16(19)20/h3-8,14,16H,1-2H3. The second-order valence-corrected chi connectivity index (χ2v) is 5.69. The Hall–Kier alpha value is -1.49. The number of benzene rings is 2. The number of hydrogen-bond acceptors (Lipinski definition) is 1. The normalized spacial score (nSPS) is 12.5. The zero-order chi connectivity index (χ0) is 15.6. The predicted octanol–water partition coefficient (Wildman–Crippen LogP) is 5.53. The van der Waals surface area contributed by atoms with Crippen molar-refractivity contribution in [1.82, 2.24) is 0 Å². The van der Waals surface area contributed by atoms with Gasteiger partial charge in [-0.3, -0.25) is 0 Å². The summed E-state index contributed by atoms with van der Waals surface area (Å²) in [5.41, 5.74) is 2.94. The van der Waals surface area contributed by atoms with Crippen LogP contribution in [0.1, 0.15) is 27.1 Å². The van der Waals surface area contributed by atoms with Gasteiger partial charge in [-0.25, -0.2) is 4.39 Å². The molecule has 21 heavy (non-hydrogen) atoms. The third kappa shape index (κ3) is 3.79. The van der Waals surface area contributed by atoms with E-state index in [1.165, 1.54) is 12.1 Å². The van der Waals surface area contributed by atoms with Crippen LogP contribution in [0.15, 0.2) is 36.4 Å². The van der Waals surface area contributed by atoms with Crippen LogP contribution in [0.2, 0.25) is 0 Å². The number of rotatable bonds is 4. The molecule has 1 nitrogen and oxygen atoms in total. The molecule has 0 aromatic heterocycles. The third-order valence-corrected chi connectivity index (χ3v) is 4.21. The van der Waals surface area contributed by atoms with Gasteiger partial charge in [0.05, 0.1) is 4.83 Å². The van der Waals surface area contributed by atoms with Crippen LogP contribution in [0.5, 0.6) is 5.75 Å². The van der Waals surface area contributed by atoms with Gasteiger partial charge < -0.3 is 4.74 Å². The summed E-state index contributed by atoms with van der Waals surface area (Å²) < 4.78 is 42.2. The molecule has 5 heteroatoms. The molecule has 1 atom stereocenters. The molecule has 112 valence electrons. The van der Waals surface area contributed by atoms with Gasteiger partial charge in [-0.05, 0) is 48.2 Å². The van der Waals surface area contributed by atoms with Gasteiger partial charge in [0.15, 0.2) is 0 Å². The highest BCUT2D eigenvalue weighted by molar-refractivity contribution is 9.09. The zero-order valence-corrected chi connectivity index (χ0v) is 13.1. The first-order chi connectivity index (χ1) is 9.88. The van der Waals surface area contributed by atoms with Crippen LogP contribution in [0, 0.1) is 19.7 Å². The Bertz CT molecular complexity index is 603. The lowest BCUT2D eigenvalue weighted by molar-refractivity contribution is -0.0498. The molecular weight excluding hydrogens is 345 g/mol. The van der Waals surface area contributed by atoms with E-state index in [0.29, 0.717) is 11.1 Å². The summed E-state index contributed by atoms with van der Waals surface area (Å²) in [6.45, 7) is 0.592. The number of aryl methyl sites for hydroxylation is 2. The van der Waals surface area contributed by atoms with E-state index in [0.717, 1.165) is 11.1 Å². The highest BCUT2D eigenvalue weighted by Crippen LogP contribution is 2.33. The van der Waals surface area contributed by atoms with Crippen molar-refractivity contribution >= 4 is 15.9 Å². The lowest BCUT2D eigenvalue weighted by atomic mass is 10.00. The van der Waals surface area contributed by atoms with Gasteiger partial charge in [-0.15, -0.1) is 0 Å².